The van der Waals surface area contributed by atoms with E-state index in [-0.39, 0.29) is 18.7 Å². The topological polar surface area (TPSA) is 67.4 Å². The van der Waals surface area contributed by atoms with Crippen LogP contribution in [0.3, 0.4) is 0 Å². The molecular formula is C19H23ClN4O2. The van der Waals surface area contributed by atoms with Gasteiger partial charge in [-0.2, -0.15) is 4.98 Å². The van der Waals surface area contributed by atoms with Gasteiger partial charge in [0.1, 0.15) is 12.4 Å². The number of aromatic nitrogens is 2. The highest BCUT2D eigenvalue weighted by Crippen LogP contribution is 2.27. The van der Waals surface area contributed by atoms with Crippen LogP contribution in [0.5, 0.6) is 0 Å². The van der Waals surface area contributed by atoms with Gasteiger partial charge in [0.25, 0.3) is 0 Å². The predicted octanol–water partition coefficient (Wildman–Crippen LogP) is 4.50. The fourth-order valence-electron chi connectivity index (χ4n) is 2.81. The van der Waals surface area contributed by atoms with Crippen molar-refractivity contribution in [3.63, 3.8) is 0 Å². The minimum atomic E-state index is -0.361. The van der Waals surface area contributed by atoms with Gasteiger partial charge in [0.05, 0.1) is 11.6 Å². The van der Waals surface area contributed by atoms with Crippen LogP contribution in [0.2, 0.25) is 0 Å². The van der Waals surface area contributed by atoms with Crippen LogP contribution >= 0.6 is 11.6 Å². The Bertz CT molecular complexity index is 780. The third-order valence-corrected chi connectivity index (χ3v) is 4.50. The van der Waals surface area contributed by atoms with E-state index in [1.807, 2.05) is 31.2 Å². The minimum absolute atomic E-state index is 0.0199. The Labute approximate surface area is 158 Å². The molecule has 7 heteroatoms. The quantitative estimate of drug-likeness (QED) is 0.754. The van der Waals surface area contributed by atoms with Crippen molar-refractivity contribution in [2.24, 2.45) is 5.92 Å². The summed E-state index contributed by atoms with van der Waals surface area (Å²) in [5, 5.41) is 3.30. The van der Waals surface area contributed by atoms with E-state index in [1.165, 1.54) is 0 Å². The maximum atomic E-state index is 12.1. The second-order valence-corrected chi connectivity index (χ2v) is 7.11. The van der Waals surface area contributed by atoms with Crippen molar-refractivity contribution in [2.45, 2.75) is 39.3 Å². The first-order valence-electron chi connectivity index (χ1n) is 8.69. The lowest BCUT2D eigenvalue weighted by Crippen LogP contribution is -2.39. The number of rotatable bonds is 6. The Kier molecular flexibility index (Phi) is 5.61. The van der Waals surface area contributed by atoms with Gasteiger partial charge in [0, 0.05) is 18.6 Å². The summed E-state index contributed by atoms with van der Waals surface area (Å²) in [7, 11) is 0. The fraction of sp³-hybridized carbons (Fsp3) is 0.421. The van der Waals surface area contributed by atoms with Gasteiger partial charge in [0.2, 0.25) is 5.95 Å². The summed E-state index contributed by atoms with van der Waals surface area (Å²) in [6.45, 7) is 6.90. The number of benzene rings is 1. The summed E-state index contributed by atoms with van der Waals surface area (Å²) in [4.78, 5) is 22.6. The molecule has 0 saturated carbocycles. The second kappa shape index (κ2) is 7.91. The Morgan fingerprint density at radius 1 is 1.27 bits per heavy atom. The van der Waals surface area contributed by atoms with Gasteiger partial charge in [-0.25, -0.2) is 9.78 Å². The Balaban J connectivity index is 1.80. The number of nitrogens with one attached hydrogen (secondary N) is 1. The lowest BCUT2D eigenvalue weighted by Gasteiger charge is -2.29. The number of alkyl halides is 1. The molecule has 0 spiro atoms. The summed E-state index contributed by atoms with van der Waals surface area (Å²) in [5.74, 6) is 1.91. The summed E-state index contributed by atoms with van der Waals surface area (Å²) < 4.78 is 5.21. The van der Waals surface area contributed by atoms with Crippen LogP contribution in [0, 0.1) is 5.92 Å². The van der Waals surface area contributed by atoms with Crippen LogP contribution in [0.25, 0.3) is 0 Å². The number of halogens is 1. The molecule has 1 aliphatic heterocycles. The number of nitrogens with zero attached hydrogens (tertiary/aromatic N) is 3. The number of carbonyl (C=O) groups is 1. The molecule has 0 radical (unpaired) electrons. The predicted molar refractivity (Wildman–Crippen MR) is 102 cm³/mol. The molecule has 2 aromatic rings. The third-order valence-electron chi connectivity index (χ3n) is 4.20. The lowest BCUT2D eigenvalue weighted by molar-refractivity contribution is 0.140. The minimum Gasteiger partial charge on any atom is -0.444 e. The molecule has 1 aliphatic rings. The maximum Gasteiger partial charge on any atom is 0.415 e. The molecule has 1 aromatic heterocycles. The highest BCUT2D eigenvalue weighted by Gasteiger charge is 2.28. The van der Waals surface area contributed by atoms with E-state index >= 15 is 0 Å². The van der Waals surface area contributed by atoms with Gasteiger partial charge in [-0.15, -0.1) is 11.6 Å². The molecule has 2 heterocycles. The van der Waals surface area contributed by atoms with Crippen molar-refractivity contribution < 1.29 is 9.53 Å². The molecule has 1 amide bonds. The SMILES string of the molecule is CC(C)CN1C(=O)OCc2cnc(N[C@@H](C)c3ccc(CCl)cc3)nc21. The zero-order valence-corrected chi connectivity index (χ0v) is 16.0. The van der Waals surface area contributed by atoms with Crippen LogP contribution in [0.4, 0.5) is 16.6 Å². The molecular weight excluding hydrogens is 352 g/mol. The van der Waals surface area contributed by atoms with Gasteiger partial charge in [-0.3, -0.25) is 4.90 Å². The largest absolute Gasteiger partial charge is 0.444 e. The maximum absolute atomic E-state index is 12.1. The van der Waals surface area contributed by atoms with Crippen molar-refractivity contribution in [2.75, 3.05) is 16.8 Å². The van der Waals surface area contributed by atoms with E-state index in [2.05, 4.69) is 29.1 Å². The molecule has 1 aromatic carbocycles. The number of anilines is 2. The zero-order chi connectivity index (χ0) is 18.7. The first kappa shape index (κ1) is 18.5. The number of cyclic esters (lactones) is 1. The summed E-state index contributed by atoms with van der Waals surface area (Å²) in [6, 6.07) is 8.11. The van der Waals surface area contributed by atoms with E-state index in [0.29, 0.717) is 30.1 Å². The summed E-state index contributed by atoms with van der Waals surface area (Å²) in [6.07, 6.45) is 1.36. The van der Waals surface area contributed by atoms with Crippen LogP contribution < -0.4 is 10.2 Å². The van der Waals surface area contributed by atoms with Gasteiger partial charge < -0.3 is 10.1 Å². The second-order valence-electron chi connectivity index (χ2n) is 6.84. The molecule has 1 atom stereocenters. The van der Waals surface area contributed by atoms with Crippen molar-refractivity contribution in [3.05, 3.63) is 47.2 Å². The van der Waals surface area contributed by atoms with Crippen LogP contribution in [0.15, 0.2) is 30.5 Å². The highest BCUT2D eigenvalue weighted by molar-refractivity contribution is 6.17. The highest BCUT2D eigenvalue weighted by atomic mass is 35.5. The Morgan fingerprint density at radius 2 is 2.00 bits per heavy atom. The lowest BCUT2D eigenvalue weighted by atomic mass is 10.1. The van der Waals surface area contributed by atoms with Gasteiger partial charge in [-0.05, 0) is 24.0 Å². The van der Waals surface area contributed by atoms with Crippen molar-refractivity contribution >= 4 is 29.5 Å². The van der Waals surface area contributed by atoms with Gasteiger partial charge in [-0.1, -0.05) is 38.1 Å². The van der Waals surface area contributed by atoms with E-state index in [4.69, 9.17) is 16.3 Å². The number of hydrogen-bond donors (Lipinski definition) is 1. The molecule has 0 fully saturated rings. The molecule has 0 saturated heterocycles. The smallest absolute Gasteiger partial charge is 0.415 e. The average molecular weight is 375 g/mol. The number of fused-ring (bicyclic) bond motifs is 1. The van der Waals surface area contributed by atoms with Gasteiger partial charge in [0.15, 0.2) is 0 Å². The number of amides is 1. The van der Waals surface area contributed by atoms with E-state index in [9.17, 15) is 4.79 Å². The van der Waals surface area contributed by atoms with E-state index < -0.39 is 0 Å². The standard InChI is InChI=1S/C19H23ClN4O2/c1-12(2)10-24-17-16(11-26-19(24)25)9-21-18(23-17)22-13(3)15-6-4-14(8-20)5-7-15/h4-7,9,12-13H,8,10-11H2,1-3H3,(H,21,22,23)/t13-/m0/s1. The Hall–Kier alpha value is -2.34. The molecule has 6 nitrogen and oxygen atoms in total. The van der Waals surface area contributed by atoms with Crippen molar-refractivity contribution in [3.8, 4) is 0 Å². The average Bonchev–Trinajstić information content (AvgIpc) is 2.64. The van der Waals surface area contributed by atoms with Crippen molar-refractivity contribution in [1.82, 2.24) is 9.97 Å². The Morgan fingerprint density at radius 3 is 2.65 bits per heavy atom. The summed E-state index contributed by atoms with van der Waals surface area (Å²) >= 11 is 5.84. The monoisotopic (exact) mass is 374 g/mol. The van der Waals surface area contributed by atoms with E-state index in [0.717, 1.165) is 16.7 Å². The van der Waals surface area contributed by atoms with Crippen molar-refractivity contribution in [1.29, 1.82) is 0 Å². The van der Waals surface area contributed by atoms with Gasteiger partial charge >= 0.3 is 6.09 Å². The van der Waals surface area contributed by atoms with Crippen LogP contribution in [-0.2, 0) is 17.2 Å². The third kappa shape index (κ3) is 4.07. The molecule has 1 N–H and O–H groups in total. The molecule has 0 bridgehead atoms. The molecule has 0 aliphatic carbocycles. The summed E-state index contributed by atoms with van der Waals surface area (Å²) in [5.41, 5.74) is 3.00. The molecule has 0 unspecified atom stereocenters. The first-order valence-corrected chi connectivity index (χ1v) is 9.23. The molecule has 138 valence electrons. The molecule has 3 rings (SSSR count). The van der Waals surface area contributed by atoms with Crippen LogP contribution in [0.1, 0.15) is 43.5 Å². The van der Waals surface area contributed by atoms with E-state index in [1.54, 1.807) is 11.1 Å². The number of hydrogen-bond acceptors (Lipinski definition) is 5. The number of ether oxygens (including phenoxy) is 1. The van der Waals surface area contributed by atoms with Crippen LogP contribution in [-0.4, -0.2) is 22.6 Å². The normalized spacial score (nSPS) is 14.8. The first-order chi connectivity index (χ1) is 12.5. The fourth-order valence-corrected chi connectivity index (χ4v) is 2.98. The number of carbonyl (C=O) groups excluding carboxylic acids is 1. The zero-order valence-electron chi connectivity index (χ0n) is 15.2. The molecule has 26 heavy (non-hydrogen) atoms.